The molecule has 1 atom stereocenters. The molecule has 0 fully saturated rings. The van der Waals surface area contributed by atoms with Crippen LogP contribution in [0.15, 0.2) is 40.9 Å². The average molecular weight is 321 g/mol. The van der Waals surface area contributed by atoms with Gasteiger partial charge in [-0.2, -0.15) is 0 Å². The first-order valence-corrected chi connectivity index (χ1v) is 7.80. The van der Waals surface area contributed by atoms with E-state index in [0.29, 0.717) is 5.92 Å². The van der Waals surface area contributed by atoms with Crippen molar-refractivity contribution in [3.05, 3.63) is 46.4 Å². The Morgan fingerprint density at radius 3 is 2.32 bits per heavy atom. The molecule has 0 bridgehead atoms. The molecule has 0 aromatic heterocycles. The van der Waals surface area contributed by atoms with E-state index in [-0.39, 0.29) is 6.10 Å². The highest BCUT2D eigenvalue weighted by Crippen LogP contribution is 2.28. The second kappa shape index (κ2) is 6.53. The van der Waals surface area contributed by atoms with Gasteiger partial charge in [-0.15, -0.1) is 0 Å². The van der Waals surface area contributed by atoms with Crippen LogP contribution in [0, 0.1) is 5.92 Å². The van der Waals surface area contributed by atoms with Crippen LogP contribution in [0.3, 0.4) is 0 Å². The summed E-state index contributed by atoms with van der Waals surface area (Å²) in [4.78, 5) is 0. The van der Waals surface area contributed by atoms with Gasteiger partial charge < -0.3 is 5.11 Å². The normalized spacial score (nSPS) is 13.1. The maximum absolute atomic E-state index is 10.4. The summed E-state index contributed by atoms with van der Waals surface area (Å²) in [5, 5.41) is 12.7. The lowest BCUT2D eigenvalue weighted by atomic mass is 9.92. The van der Waals surface area contributed by atoms with Crippen molar-refractivity contribution in [3.63, 3.8) is 0 Å². The number of benzene rings is 2. The van der Waals surface area contributed by atoms with Gasteiger partial charge in [-0.05, 0) is 46.9 Å². The van der Waals surface area contributed by atoms with Crippen LogP contribution in [0.25, 0.3) is 10.8 Å². The van der Waals surface area contributed by atoms with Crippen molar-refractivity contribution < 1.29 is 5.11 Å². The van der Waals surface area contributed by atoms with Crippen LogP contribution in [-0.2, 0) is 0 Å². The highest BCUT2D eigenvalue weighted by molar-refractivity contribution is 9.10. The molecule has 102 valence electrons. The molecule has 0 aliphatic carbocycles. The Hall–Kier alpha value is -0.860. The van der Waals surface area contributed by atoms with Gasteiger partial charge in [-0.1, -0.05) is 60.8 Å². The lowest BCUT2D eigenvalue weighted by molar-refractivity contribution is 0.141. The number of hydrogen-bond donors (Lipinski definition) is 1. The molecule has 0 saturated carbocycles. The van der Waals surface area contributed by atoms with Crippen molar-refractivity contribution in [1.82, 2.24) is 0 Å². The smallest absolute Gasteiger partial charge is 0.0792 e. The molecule has 2 rings (SSSR count). The van der Waals surface area contributed by atoms with E-state index in [9.17, 15) is 5.11 Å². The lowest BCUT2D eigenvalue weighted by Crippen LogP contribution is -2.05. The molecule has 1 nitrogen and oxygen atoms in total. The van der Waals surface area contributed by atoms with Crippen LogP contribution in [0.4, 0.5) is 0 Å². The Bertz CT molecular complexity index is 546. The third-order valence-electron chi connectivity index (χ3n) is 3.92. The standard InChI is InChI=1S/C17H21BrO/c1-3-12(4-2)9-17(19)15-6-5-14-11-16(18)8-7-13(14)10-15/h5-8,10-12,17,19H,3-4,9H2,1-2H3. The van der Waals surface area contributed by atoms with Crippen molar-refractivity contribution in [2.24, 2.45) is 5.92 Å². The van der Waals surface area contributed by atoms with E-state index >= 15 is 0 Å². The summed E-state index contributed by atoms with van der Waals surface area (Å²) in [5.41, 5.74) is 1.03. The fourth-order valence-corrected chi connectivity index (χ4v) is 2.89. The summed E-state index contributed by atoms with van der Waals surface area (Å²) in [7, 11) is 0. The van der Waals surface area contributed by atoms with Crippen molar-refractivity contribution in [1.29, 1.82) is 0 Å². The van der Waals surface area contributed by atoms with Gasteiger partial charge in [0.05, 0.1) is 6.10 Å². The first-order chi connectivity index (χ1) is 9.13. The maximum atomic E-state index is 10.4. The van der Waals surface area contributed by atoms with E-state index < -0.39 is 0 Å². The molecule has 0 radical (unpaired) electrons. The maximum Gasteiger partial charge on any atom is 0.0792 e. The molecule has 2 aromatic rings. The van der Waals surface area contributed by atoms with Gasteiger partial charge in [0.1, 0.15) is 0 Å². The molecular weight excluding hydrogens is 300 g/mol. The zero-order valence-electron chi connectivity index (χ0n) is 11.6. The first kappa shape index (κ1) is 14.5. The Morgan fingerprint density at radius 1 is 1.00 bits per heavy atom. The van der Waals surface area contributed by atoms with Gasteiger partial charge in [-0.25, -0.2) is 0 Å². The molecular formula is C17H21BrO. The summed E-state index contributed by atoms with van der Waals surface area (Å²) >= 11 is 3.48. The van der Waals surface area contributed by atoms with Crippen LogP contribution in [0.1, 0.15) is 44.8 Å². The summed E-state index contributed by atoms with van der Waals surface area (Å²) in [6.07, 6.45) is 2.77. The van der Waals surface area contributed by atoms with Gasteiger partial charge in [0, 0.05) is 4.47 Å². The van der Waals surface area contributed by atoms with Gasteiger partial charge in [0.2, 0.25) is 0 Å². The fraction of sp³-hybridized carbons (Fsp3) is 0.412. The molecule has 0 amide bonds. The van der Waals surface area contributed by atoms with Crippen LogP contribution in [0.5, 0.6) is 0 Å². The average Bonchev–Trinajstić information content (AvgIpc) is 2.43. The third kappa shape index (κ3) is 3.58. The molecule has 1 N–H and O–H groups in total. The van der Waals surface area contributed by atoms with Crippen LogP contribution >= 0.6 is 15.9 Å². The predicted molar refractivity (Wildman–Crippen MR) is 85.3 cm³/mol. The number of rotatable bonds is 5. The van der Waals surface area contributed by atoms with Gasteiger partial charge in [0.25, 0.3) is 0 Å². The molecule has 0 aliphatic heterocycles. The van der Waals surface area contributed by atoms with Gasteiger partial charge in [-0.3, -0.25) is 0 Å². The second-order valence-electron chi connectivity index (χ2n) is 5.18. The van der Waals surface area contributed by atoms with Crippen molar-refractivity contribution in [3.8, 4) is 0 Å². The van der Waals surface area contributed by atoms with E-state index in [1.165, 1.54) is 10.8 Å². The van der Waals surface area contributed by atoms with E-state index in [2.05, 4.69) is 54.0 Å². The van der Waals surface area contributed by atoms with E-state index in [1.54, 1.807) is 0 Å². The highest BCUT2D eigenvalue weighted by atomic mass is 79.9. The Morgan fingerprint density at radius 2 is 1.63 bits per heavy atom. The third-order valence-corrected chi connectivity index (χ3v) is 4.42. The molecule has 2 heteroatoms. The minimum Gasteiger partial charge on any atom is -0.388 e. The van der Waals surface area contributed by atoms with Crippen molar-refractivity contribution >= 4 is 26.7 Å². The summed E-state index contributed by atoms with van der Waals surface area (Å²) in [6.45, 7) is 4.39. The number of fused-ring (bicyclic) bond motifs is 1. The number of aliphatic hydroxyl groups is 1. The van der Waals surface area contributed by atoms with Gasteiger partial charge in [0.15, 0.2) is 0 Å². The molecule has 1 unspecified atom stereocenters. The largest absolute Gasteiger partial charge is 0.388 e. The monoisotopic (exact) mass is 320 g/mol. The highest BCUT2D eigenvalue weighted by Gasteiger charge is 2.13. The molecule has 19 heavy (non-hydrogen) atoms. The quantitative estimate of drug-likeness (QED) is 0.775. The second-order valence-corrected chi connectivity index (χ2v) is 6.10. The molecule has 2 aromatic carbocycles. The topological polar surface area (TPSA) is 20.2 Å². The van der Waals surface area contributed by atoms with Crippen LogP contribution in [0.2, 0.25) is 0 Å². The number of aliphatic hydroxyl groups excluding tert-OH is 1. The summed E-state index contributed by atoms with van der Waals surface area (Å²) in [6, 6.07) is 12.5. The van der Waals surface area contributed by atoms with Crippen molar-refractivity contribution in [2.75, 3.05) is 0 Å². The van der Waals surface area contributed by atoms with E-state index in [4.69, 9.17) is 0 Å². The molecule has 0 spiro atoms. The molecule has 0 aliphatic rings. The lowest BCUT2D eigenvalue weighted by Gasteiger charge is -2.18. The van der Waals surface area contributed by atoms with Crippen LogP contribution < -0.4 is 0 Å². The minimum absolute atomic E-state index is 0.349. The molecule has 0 saturated heterocycles. The Labute approximate surface area is 123 Å². The van der Waals surface area contributed by atoms with Crippen LogP contribution in [-0.4, -0.2) is 5.11 Å². The SMILES string of the molecule is CCC(CC)CC(O)c1ccc2cc(Br)ccc2c1. The fourth-order valence-electron chi connectivity index (χ4n) is 2.52. The Balaban J connectivity index is 2.23. The summed E-state index contributed by atoms with van der Waals surface area (Å²) in [5.74, 6) is 0.607. The van der Waals surface area contributed by atoms with E-state index in [1.807, 2.05) is 12.1 Å². The number of hydrogen-bond acceptors (Lipinski definition) is 1. The molecule has 0 heterocycles. The van der Waals surface area contributed by atoms with Gasteiger partial charge >= 0.3 is 0 Å². The summed E-state index contributed by atoms with van der Waals surface area (Å²) < 4.78 is 1.09. The van der Waals surface area contributed by atoms with E-state index in [0.717, 1.165) is 29.3 Å². The predicted octanol–water partition coefficient (Wildman–Crippen LogP) is 5.46. The Kier molecular flexibility index (Phi) is 5.00. The zero-order chi connectivity index (χ0) is 13.8. The number of halogens is 1. The zero-order valence-corrected chi connectivity index (χ0v) is 13.2. The van der Waals surface area contributed by atoms with Crippen molar-refractivity contribution in [2.45, 2.75) is 39.2 Å². The first-order valence-electron chi connectivity index (χ1n) is 7.01. The minimum atomic E-state index is -0.349.